The lowest BCUT2D eigenvalue weighted by Crippen LogP contribution is -2.44. The van der Waals surface area contributed by atoms with Crippen molar-refractivity contribution >= 4 is 0 Å². The minimum absolute atomic E-state index is 0.325. The Labute approximate surface area is 129 Å². The number of piperidine rings is 1. The number of rotatable bonds is 3. The summed E-state index contributed by atoms with van der Waals surface area (Å²) in [5, 5.41) is 3.93. The topological polar surface area (TPSA) is 15.3 Å². The Morgan fingerprint density at radius 2 is 1.81 bits per heavy atom. The molecule has 1 saturated heterocycles. The van der Waals surface area contributed by atoms with Crippen molar-refractivity contribution in [1.29, 1.82) is 0 Å². The third-order valence-electron chi connectivity index (χ3n) is 5.72. The summed E-state index contributed by atoms with van der Waals surface area (Å²) in [5.74, 6) is 0. The number of hydrogen-bond acceptors (Lipinski definition) is 2. The molecule has 116 valence electrons. The molecule has 2 nitrogen and oxygen atoms in total. The fraction of sp³-hybridized carbons (Fsp3) is 0.684. The smallest absolute Gasteiger partial charge is 0.0377 e. The molecule has 0 aromatic heterocycles. The zero-order chi connectivity index (χ0) is 15.1. The van der Waals surface area contributed by atoms with Crippen LogP contribution in [0.25, 0.3) is 0 Å². The molecular weight excluding hydrogens is 256 g/mol. The second-order valence-electron chi connectivity index (χ2n) is 8.29. The zero-order valence-corrected chi connectivity index (χ0v) is 14.1. The van der Waals surface area contributed by atoms with Crippen LogP contribution in [0.3, 0.4) is 0 Å². The minimum atomic E-state index is 0.325. The van der Waals surface area contributed by atoms with Crippen molar-refractivity contribution in [1.82, 2.24) is 10.2 Å². The van der Waals surface area contributed by atoms with Crippen LogP contribution in [0.5, 0.6) is 0 Å². The second kappa shape index (κ2) is 5.40. The maximum Gasteiger partial charge on any atom is 0.0377 e. The van der Waals surface area contributed by atoms with Gasteiger partial charge >= 0.3 is 0 Å². The molecule has 1 aliphatic carbocycles. The quantitative estimate of drug-likeness (QED) is 0.913. The Bertz CT molecular complexity index is 498. The van der Waals surface area contributed by atoms with Crippen LogP contribution in [0, 0.1) is 10.8 Å². The number of nitrogens with one attached hydrogen (secondary N) is 1. The number of benzene rings is 1. The van der Waals surface area contributed by atoms with Gasteiger partial charge in [0.1, 0.15) is 0 Å². The van der Waals surface area contributed by atoms with E-state index in [0.29, 0.717) is 16.9 Å². The molecule has 2 heteroatoms. The van der Waals surface area contributed by atoms with E-state index >= 15 is 0 Å². The average Bonchev–Trinajstić information content (AvgIpc) is 2.70. The van der Waals surface area contributed by atoms with Crippen molar-refractivity contribution in [3.05, 3.63) is 35.4 Å². The molecular formula is C19H30N2. The number of hydrogen-bond donors (Lipinski definition) is 1. The van der Waals surface area contributed by atoms with Crippen LogP contribution >= 0.6 is 0 Å². The van der Waals surface area contributed by atoms with Gasteiger partial charge < -0.3 is 10.2 Å². The maximum atomic E-state index is 3.93. The van der Waals surface area contributed by atoms with Gasteiger partial charge in [0.25, 0.3) is 0 Å². The van der Waals surface area contributed by atoms with E-state index in [4.69, 9.17) is 0 Å². The lowest BCUT2D eigenvalue weighted by molar-refractivity contribution is 0.124. The maximum absolute atomic E-state index is 3.93. The molecule has 0 radical (unpaired) electrons. The zero-order valence-electron chi connectivity index (χ0n) is 14.1. The first-order valence-corrected chi connectivity index (χ1v) is 8.39. The van der Waals surface area contributed by atoms with Crippen molar-refractivity contribution in [3.8, 4) is 0 Å². The highest BCUT2D eigenvalue weighted by Crippen LogP contribution is 2.45. The molecule has 0 saturated carbocycles. The molecule has 0 spiro atoms. The van der Waals surface area contributed by atoms with Gasteiger partial charge in [0.2, 0.25) is 0 Å². The van der Waals surface area contributed by atoms with Crippen LogP contribution in [-0.2, 0) is 6.42 Å². The summed E-state index contributed by atoms with van der Waals surface area (Å²) in [6.45, 7) is 10.9. The molecule has 0 bridgehead atoms. The summed E-state index contributed by atoms with van der Waals surface area (Å²) in [6, 6.07) is 9.49. The van der Waals surface area contributed by atoms with Crippen LogP contribution in [0.4, 0.5) is 0 Å². The van der Waals surface area contributed by atoms with Crippen LogP contribution in [0.15, 0.2) is 24.3 Å². The highest BCUT2D eigenvalue weighted by Gasteiger charge is 2.39. The van der Waals surface area contributed by atoms with Crippen molar-refractivity contribution in [2.75, 3.05) is 26.7 Å². The molecule has 1 fully saturated rings. The van der Waals surface area contributed by atoms with Gasteiger partial charge in [-0.05, 0) is 61.4 Å². The Morgan fingerprint density at radius 1 is 1.14 bits per heavy atom. The first kappa shape index (κ1) is 15.1. The van der Waals surface area contributed by atoms with E-state index in [1.165, 1.54) is 43.5 Å². The van der Waals surface area contributed by atoms with Gasteiger partial charge in [-0.2, -0.15) is 0 Å². The largest absolute Gasteiger partial charge is 0.309 e. The molecule has 1 aromatic rings. The molecule has 1 heterocycles. The lowest BCUT2D eigenvalue weighted by atomic mass is 9.79. The standard InChI is InChI=1S/C19H30N2/c1-18(2)13-15-7-5-6-8-16(15)17(18)20-14-19(3)9-11-21(4)12-10-19/h5-8,17,20H,9-14H2,1-4H3. The first-order valence-electron chi connectivity index (χ1n) is 8.39. The summed E-state index contributed by atoms with van der Waals surface area (Å²) in [4.78, 5) is 2.45. The van der Waals surface area contributed by atoms with Gasteiger partial charge in [-0.1, -0.05) is 45.0 Å². The van der Waals surface area contributed by atoms with E-state index in [-0.39, 0.29) is 0 Å². The summed E-state index contributed by atoms with van der Waals surface area (Å²) in [6.07, 6.45) is 3.82. The first-order chi connectivity index (χ1) is 9.90. The molecule has 1 N–H and O–H groups in total. The van der Waals surface area contributed by atoms with Crippen LogP contribution in [-0.4, -0.2) is 31.6 Å². The molecule has 2 aliphatic rings. The molecule has 1 unspecified atom stereocenters. The van der Waals surface area contributed by atoms with Crippen LogP contribution < -0.4 is 5.32 Å². The van der Waals surface area contributed by atoms with Gasteiger partial charge in [0, 0.05) is 12.6 Å². The SMILES string of the molecule is CN1CCC(C)(CNC2c3ccccc3CC2(C)C)CC1. The number of likely N-dealkylation sites (tertiary alicyclic amines) is 1. The predicted molar refractivity (Wildman–Crippen MR) is 89.5 cm³/mol. The summed E-state index contributed by atoms with van der Waals surface area (Å²) in [5.41, 5.74) is 3.85. The van der Waals surface area contributed by atoms with E-state index < -0.39 is 0 Å². The van der Waals surface area contributed by atoms with E-state index in [1.807, 2.05) is 0 Å². The fourth-order valence-corrected chi connectivity index (χ4v) is 4.06. The van der Waals surface area contributed by atoms with Crippen LogP contribution in [0.2, 0.25) is 0 Å². The number of nitrogens with zero attached hydrogens (tertiary/aromatic N) is 1. The monoisotopic (exact) mass is 286 g/mol. The van der Waals surface area contributed by atoms with Gasteiger partial charge in [-0.15, -0.1) is 0 Å². The molecule has 1 atom stereocenters. The molecule has 3 rings (SSSR count). The normalized spacial score (nSPS) is 27.5. The van der Waals surface area contributed by atoms with E-state index in [9.17, 15) is 0 Å². The minimum Gasteiger partial charge on any atom is -0.309 e. The number of fused-ring (bicyclic) bond motifs is 1. The van der Waals surface area contributed by atoms with Crippen molar-refractivity contribution in [2.45, 2.75) is 46.1 Å². The summed E-state index contributed by atoms with van der Waals surface area (Å²) >= 11 is 0. The van der Waals surface area contributed by atoms with Gasteiger partial charge in [0.15, 0.2) is 0 Å². The predicted octanol–water partition coefficient (Wildman–Crippen LogP) is 3.63. The van der Waals surface area contributed by atoms with E-state index in [0.717, 1.165) is 6.54 Å². The van der Waals surface area contributed by atoms with E-state index in [1.54, 1.807) is 0 Å². The van der Waals surface area contributed by atoms with Gasteiger partial charge in [0.05, 0.1) is 0 Å². The van der Waals surface area contributed by atoms with E-state index in [2.05, 4.69) is 62.3 Å². The molecule has 21 heavy (non-hydrogen) atoms. The Balaban J connectivity index is 1.70. The third-order valence-corrected chi connectivity index (χ3v) is 5.72. The third kappa shape index (κ3) is 3.02. The Morgan fingerprint density at radius 3 is 2.52 bits per heavy atom. The van der Waals surface area contributed by atoms with Gasteiger partial charge in [-0.25, -0.2) is 0 Å². The highest BCUT2D eigenvalue weighted by atomic mass is 15.1. The molecule has 1 aliphatic heterocycles. The van der Waals surface area contributed by atoms with Crippen LogP contribution in [0.1, 0.15) is 50.8 Å². The fourth-order valence-electron chi connectivity index (χ4n) is 4.06. The second-order valence-corrected chi connectivity index (χ2v) is 8.29. The molecule has 1 aromatic carbocycles. The lowest BCUT2D eigenvalue weighted by Gasteiger charge is -2.40. The van der Waals surface area contributed by atoms with Crippen molar-refractivity contribution < 1.29 is 0 Å². The summed E-state index contributed by atoms with van der Waals surface area (Å²) < 4.78 is 0. The van der Waals surface area contributed by atoms with Gasteiger partial charge in [-0.3, -0.25) is 0 Å². The Kier molecular flexibility index (Phi) is 3.87. The average molecular weight is 286 g/mol. The van der Waals surface area contributed by atoms with Crippen molar-refractivity contribution in [2.24, 2.45) is 10.8 Å². The molecule has 0 amide bonds. The van der Waals surface area contributed by atoms with Crippen molar-refractivity contribution in [3.63, 3.8) is 0 Å². The highest BCUT2D eigenvalue weighted by molar-refractivity contribution is 5.37. The summed E-state index contributed by atoms with van der Waals surface area (Å²) in [7, 11) is 2.24. The Hall–Kier alpha value is -0.860.